The molecular weight excluding hydrogens is 356 g/mol. The van der Waals surface area contributed by atoms with Gasteiger partial charge in [0, 0.05) is 25.2 Å². The largest absolute Gasteiger partial charge is 0.481 e. The molecule has 2 amide bonds. The molecule has 152 valence electrons. The summed E-state index contributed by atoms with van der Waals surface area (Å²) in [5.41, 5.74) is 0.773. The Hall–Kier alpha value is -2.37. The molecular formula is C22H30N2O4. The van der Waals surface area contributed by atoms with Crippen LogP contribution in [-0.4, -0.2) is 34.3 Å². The van der Waals surface area contributed by atoms with Crippen molar-refractivity contribution in [2.45, 2.75) is 64.8 Å². The molecule has 2 fully saturated rings. The smallest absolute Gasteiger partial charge is 0.304 e. The number of nitrogens with one attached hydrogen (secondary N) is 1. The van der Waals surface area contributed by atoms with Crippen LogP contribution in [0.15, 0.2) is 24.3 Å². The molecule has 0 spiro atoms. The van der Waals surface area contributed by atoms with Crippen LogP contribution in [0.25, 0.3) is 0 Å². The number of carbonyl (C=O) groups excluding carboxylic acids is 2. The van der Waals surface area contributed by atoms with Crippen molar-refractivity contribution in [3.8, 4) is 0 Å². The standard InChI is InChI=1S/C22H30N2O4/c1-22(14-20(26)27,17-6-3-2-4-7-17)21(28)23-18-11-9-16(10-12-18)15-24-13-5-8-19(24)25/h9-12,17H,2-8,13-15H2,1H3,(H,23,28)(H,26,27). The van der Waals surface area contributed by atoms with Gasteiger partial charge in [-0.3, -0.25) is 14.4 Å². The number of nitrogens with zero attached hydrogens (tertiary/aromatic N) is 1. The summed E-state index contributed by atoms with van der Waals surface area (Å²) in [6, 6.07) is 7.48. The van der Waals surface area contributed by atoms with Gasteiger partial charge in [0.15, 0.2) is 0 Å². The summed E-state index contributed by atoms with van der Waals surface area (Å²) >= 11 is 0. The first-order chi connectivity index (χ1) is 13.4. The Morgan fingerprint density at radius 1 is 1.14 bits per heavy atom. The fraction of sp³-hybridized carbons (Fsp3) is 0.591. The van der Waals surface area contributed by atoms with Crippen LogP contribution in [0, 0.1) is 11.3 Å². The number of anilines is 1. The molecule has 1 saturated carbocycles. The van der Waals surface area contributed by atoms with Crippen LogP contribution in [0.3, 0.4) is 0 Å². The quantitative estimate of drug-likeness (QED) is 0.746. The molecule has 1 aromatic rings. The molecule has 6 heteroatoms. The maximum atomic E-state index is 13.0. The number of carbonyl (C=O) groups is 3. The Labute approximate surface area is 166 Å². The molecule has 1 heterocycles. The molecule has 1 aliphatic heterocycles. The van der Waals surface area contributed by atoms with Crippen molar-refractivity contribution in [2.75, 3.05) is 11.9 Å². The molecule has 2 N–H and O–H groups in total. The maximum absolute atomic E-state index is 13.0. The van der Waals surface area contributed by atoms with Crippen LogP contribution >= 0.6 is 0 Å². The van der Waals surface area contributed by atoms with E-state index < -0.39 is 11.4 Å². The van der Waals surface area contributed by atoms with E-state index in [1.54, 1.807) is 6.92 Å². The Kier molecular flexibility index (Phi) is 6.37. The van der Waals surface area contributed by atoms with Gasteiger partial charge in [-0.1, -0.05) is 31.4 Å². The normalized spacial score (nSPS) is 20.0. The molecule has 1 saturated heterocycles. The van der Waals surface area contributed by atoms with Gasteiger partial charge in [0.2, 0.25) is 11.8 Å². The first kappa shape index (κ1) is 20.4. The molecule has 0 bridgehead atoms. The minimum Gasteiger partial charge on any atom is -0.481 e. The lowest BCUT2D eigenvalue weighted by molar-refractivity contribution is -0.145. The molecule has 3 rings (SSSR count). The predicted octanol–water partition coefficient (Wildman–Crippen LogP) is 3.81. The Balaban J connectivity index is 1.67. The Bertz CT molecular complexity index is 725. The van der Waals surface area contributed by atoms with E-state index >= 15 is 0 Å². The summed E-state index contributed by atoms with van der Waals surface area (Å²) in [6.07, 6.45) is 6.45. The first-order valence-electron chi connectivity index (χ1n) is 10.3. The third kappa shape index (κ3) is 4.72. The Morgan fingerprint density at radius 3 is 2.39 bits per heavy atom. The molecule has 1 aliphatic carbocycles. The number of likely N-dealkylation sites (tertiary alicyclic amines) is 1. The monoisotopic (exact) mass is 386 g/mol. The zero-order chi connectivity index (χ0) is 20.1. The number of carboxylic acids is 1. The SMILES string of the molecule is CC(CC(=O)O)(C(=O)Nc1ccc(CN2CCCC2=O)cc1)C1CCCCC1. The highest BCUT2D eigenvalue weighted by atomic mass is 16.4. The fourth-order valence-corrected chi connectivity index (χ4v) is 4.52. The minimum atomic E-state index is -0.936. The lowest BCUT2D eigenvalue weighted by Gasteiger charge is -2.37. The van der Waals surface area contributed by atoms with E-state index in [4.69, 9.17) is 0 Å². The summed E-state index contributed by atoms with van der Waals surface area (Å²) in [5, 5.41) is 12.3. The van der Waals surface area contributed by atoms with Crippen molar-refractivity contribution in [3.63, 3.8) is 0 Å². The molecule has 0 radical (unpaired) electrons. The molecule has 2 aliphatic rings. The summed E-state index contributed by atoms with van der Waals surface area (Å²) < 4.78 is 0. The van der Waals surface area contributed by atoms with Crippen molar-refractivity contribution in [3.05, 3.63) is 29.8 Å². The Morgan fingerprint density at radius 2 is 1.82 bits per heavy atom. The van der Waals surface area contributed by atoms with Gasteiger partial charge in [-0.05, 0) is 49.8 Å². The number of aliphatic carboxylic acids is 1. The number of rotatable bonds is 7. The third-order valence-corrected chi connectivity index (χ3v) is 6.30. The second-order valence-electron chi connectivity index (χ2n) is 8.39. The van der Waals surface area contributed by atoms with Crippen LogP contribution in [-0.2, 0) is 20.9 Å². The molecule has 6 nitrogen and oxygen atoms in total. The van der Waals surface area contributed by atoms with Crippen LogP contribution < -0.4 is 5.32 Å². The van der Waals surface area contributed by atoms with Gasteiger partial charge >= 0.3 is 5.97 Å². The van der Waals surface area contributed by atoms with Crippen LogP contribution in [0.4, 0.5) is 5.69 Å². The minimum absolute atomic E-state index is 0.0952. The van der Waals surface area contributed by atoms with E-state index in [2.05, 4.69) is 5.32 Å². The van der Waals surface area contributed by atoms with Gasteiger partial charge in [-0.15, -0.1) is 0 Å². The summed E-state index contributed by atoms with van der Waals surface area (Å²) in [6.45, 7) is 3.18. The van der Waals surface area contributed by atoms with E-state index in [1.807, 2.05) is 29.2 Å². The highest BCUT2D eigenvalue weighted by molar-refractivity contribution is 5.97. The third-order valence-electron chi connectivity index (χ3n) is 6.30. The van der Waals surface area contributed by atoms with Crippen molar-refractivity contribution in [1.82, 2.24) is 4.90 Å². The van der Waals surface area contributed by atoms with Gasteiger partial charge < -0.3 is 15.3 Å². The average molecular weight is 386 g/mol. The van der Waals surface area contributed by atoms with Gasteiger partial charge in [0.1, 0.15) is 0 Å². The highest BCUT2D eigenvalue weighted by Gasteiger charge is 2.43. The van der Waals surface area contributed by atoms with Gasteiger partial charge in [0.25, 0.3) is 0 Å². The van der Waals surface area contributed by atoms with E-state index in [-0.39, 0.29) is 24.2 Å². The number of hydrogen-bond acceptors (Lipinski definition) is 3. The zero-order valence-electron chi connectivity index (χ0n) is 16.6. The fourth-order valence-electron chi connectivity index (χ4n) is 4.52. The second-order valence-corrected chi connectivity index (χ2v) is 8.39. The van der Waals surface area contributed by atoms with Crippen LogP contribution in [0.1, 0.15) is 63.9 Å². The zero-order valence-corrected chi connectivity index (χ0v) is 16.6. The lowest BCUT2D eigenvalue weighted by atomic mass is 9.67. The van der Waals surface area contributed by atoms with Crippen LogP contribution in [0.5, 0.6) is 0 Å². The molecule has 1 atom stereocenters. The average Bonchev–Trinajstić information content (AvgIpc) is 3.08. The van der Waals surface area contributed by atoms with Crippen molar-refractivity contribution in [2.24, 2.45) is 11.3 Å². The number of carboxylic acid groups (broad SMARTS) is 1. The van der Waals surface area contributed by atoms with Gasteiger partial charge in [-0.25, -0.2) is 0 Å². The number of amides is 2. The predicted molar refractivity (Wildman–Crippen MR) is 107 cm³/mol. The van der Waals surface area contributed by atoms with Crippen molar-refractivity contribution in [1.29, 1.82) is 0 Å². The van der Waals surface area contributed by atoms with E-state index in [9.17, 15) is 19.5 Å². The van der Waals surface area contributed by atoms with Gasteiger partial charge in [0.05, 0.1) is 11.8 Å². The highest BCUT2D eigenvalue weighted by Crippen LogP contribution is 2.42. The topological polar surface area (TPSA) is 86.7 Å². The molecule has 28 heavy (non-hydrogen) atoms. The van der Waals surface area contributed by atoms with Gasteiger partial charge in [-0.2, -0.15) is 0 Å². The lowest BCUT2D eigenvalue weighted by Crippen LogP contribution is -2.42. The summed E-state index contributed by atoms with van der Waals surface area (Å²) in [5.74, 6) is -0.870. The van der Waals surface area contributed by atoms with E-state index in [0.29, 0.717) is 18.7 Å². The maximum Gasteiger partial charge on any atom is 0.304 e. The second kappa shape index (κ2) is 8.76. The van der Waals surface area contributed by atoms with E-state index in [0.717, 1.165) is 50.6 Å². The first-order valence-corrected chi connectivity index (χ1v) is 10.3. The van der Waals surface area contributed by atoms with E-state index in [1.165, 1.54) is 0 Å². The van der Waals surface area contributed by atoms with Crippen LogP contribution in [0.2, 0.25) is 0 Å². The summed E-state index contributed by atoms with van der Waals surface area (Å²) in [7, 11) is 0. The summed E-state index contributed by atoms with van der Waals surface area (Å²) in [4.78, 5) is 38.1. The van der Waals surface area contributed by atoms with Crippen molar-refractivity contribution < 1.29 is 19.5 Å². The molecule has 1 unspecified atom stereocenters. The number of hydrogen-bond donors (Lipinski definition) is 2. The number of benzene rings is 1. The molecule has 0 aromatic heterocycles. The molecule has 1 aromatic carbocycles. The van der Waals surface area contributed by atoms with Crippen molar-refractivity contribution >= 4 is 23.5 Å².